The number of anilines is 1. The Bertz CT molecular complexity index is 1490. The van der Waals surface area contributed by atoms with Crippen molar-refractivity contribution in [2.24, 2.45) is 0 Å². The Morgan fingerprint density at radius 2 is 1.82 bits per heavy atom. The molecule has 0 saturated heterocycles. The summed E-state index contributed by atoms with van der Waals surface area (Å²) >= 11 is 0. The van der Waals surface area contributed by atoms with E-state index in [1.54, 1.807) is 38.1 Å². The third kappa shape index (κ3) is 6.20. The molecule has 39 heavy (non-hydrogen) atoms. The van der Waals surface area contributed by atoms with Crippen molar-refractivity contribution in [3.8, 4) is 11.6 Å². The number of carboxylic acids is 1. The number of carbonyl (C=O) groups excluding carboxylic acids is 1. The van der Waals surface area contributed by atoms with Gasteiger partial charge < -0.3 is 14.7 Å². The number of rotatable bonds is 8. The SMILES string of the molecule is Cc1ccc(C(=O)N(c2ccc(Oc3ncc(Cn4cnnn4)cc3C(F)(F)F)cc2C(=O)O)C(C)C)cc1. The Hall–Kier alpha value is -4.81. The molecule has 0 spiro atoms. The Labute approximate surface area is 220 Å². The maximum absolute atomic E-state index is 13.8. The Morgan fingerprint density at radius 1 is 1.10 bits per heavy atom. The highest BCUT2D eigenvalue weighted by atomic mass is 19.4. The van der Waals surface area contributed by atoms with Gasteiger partial charge in [0.15, 0.2) is 0 Å². The molecule has 0 bridgehead atoms. The number of hydrogen-bond donors (Lipinski definition) is 1. The van der Waals surface area contributed by atoms with E-state index < -0.39 is 35.5 Å². The average molecular weight is 541 g/mol. The number of benzene rings is 2. The van der Waals surface area contributed by atoms with Crippen LogP contribution in [0.2, 0.25) is 0 Å². The second-order valence-electron chi connectivity index (χ2n) is 8.92. The number of pyridine rings is 1. The van der Waals surface area contributed by atoms with Crippen molar-refractivity contribution in [2.75, 3.05) is 4.90 Å². The van der Waals surface area contributed by atoms with Crippen LogP contribution in [-0.2, 0) is 12.7 Å². The molecule has 0 aliphatic rings. The zero-order chi connectivity index (χ0) is 28.3. The summed E-state index contributed by atoms with van der Waals surface area (Å²) in [6.45, 7) is 5.26. The summed E-state index contributed by atoms with van der Waals surface area (Å²) in [5.74, 6) is -2.78. The van der Waals surface area contributed by atoms with Crippen molar-refractivity contribution < 1.29 is 32.6 Å². The molecule has 1 amide bonds. The van der Waals surface area contributed by atoms with Gasteiger partial charge in [-0.3, -0.25) is 4.79 Å². The molecule has 2 aromatic carbocycles. The topological polar surface area (TPSA) is 123 Å². The molecule has 2 aromatic heterocycles. The minimum atomic E-state index is -4.82. The quantitative estimate of drug-likeness (QED) is 0.332. The zero-order valence-corrected chi connectivity index (χ0v) is 21.0. The van der Waals surface area contributed by atoms with Gasteiger partial charge >= 0.3 is 12.1 Å². The molecule has 0 fully saturated rings. The minimum absolute atomic E-state index is 0.0543. The first kappa shape index (κ1) is 27.2. The van der Waals surface area contributed by atoms with Gasteiger partial charge in [-0.05, 0) is 73.2 Å². The third-order valence-electron chi connectivity index (χ3n) is 5.66. The molecule has 2 heterocycles. The first-order chi connectivity index (χ1) is 18.4. The second-order valence-corrected chi connectivity index (χ2v) is 8.92. The van der Waals surface area contributed by atoms with Crippen LogP contribution in [0.1, 0.15) is 51.3 Å². The van der Waals surface area contributed by atoms with Crippen LogP contribution in [0, 0.1) is 6.92 Å². The summed E-state index contributed by atoms with van der Waals surface area (Å²) < 4.78 is 48.2. The fraction of sp³-hybridized carbons (Fsp3) is 0.231. The zero-order valence-electron chi connectivity index (χ0n) is 21.0. The largest absolute Gasteiger partial charge is 0.478 e. The van der Waals surface area contributed by atoms with Gasteiger partial charge in [0.25, 0.3) is 5.91 Å². The third-order valence-corrected chi connectivity index (χ3v) is 5.66. The lowest BCUT2D eigenvalue weighted by molar-refractivity contribution is -0.138. The van der Waals surface area contributed by atoms with Crippen LogP contribution in [0.4, 0.5) is 18.9 Å². The fourth-order valence-electron chi connectivity index (χ4n) is 3.84. The first-order valence-electron chi connectivity index (χ1n) is 11.7. The van der Waals surface area contributed by atoms with E-state index in [1.807, 2.05) is 6.92 Å². The number of alkyl halides is 3. The average Bonchev–Trinajstić information content (AvgIpc) is 3.38. The van der Waals surface area contributed by atoms with Gasteiger partial charge in [-0.25, -0.2) is 14.5 Å². The van der Waals surface area contributed by atoms with Crippen molar-refractivity contribution in [3.05, 3.63) is 88.9 Å². The van der Waals surface area contributed by atoms with Gasteiger partial charge in [0.1, 0.15) is 17.6 Å². The van der Waals surface area contributed by atoms with E-state index in [2.05, 4.69) is 20.5 Å². The van der Waals surface area contributed by atoms with Gasteiger partial charge in [-0.1, -0.05) is 17.7 Å². The normalized spacial score (nSPS) is 11.5. The number of hydrogen-bond acceptors (Lipinski definition) is 7. The van der Waals surface area contributed by atoms with Gasteiger partial charge in [0, 0.05) is 17.8 Å². The Morgan fingerprint density at radius 3 is 2.41 bits per heavy atom. The molecule has 1 N–H and O–H groups in total. The summed E-state index contributed by atoms with van der Waals surface area (Å²) in [4.78, 5) is 30.6. The summed E-state index contributed by atoms with van der Waals surface area (Å²) in [7, 11) is 0. The van der Waals surface area contributed by atoms with Crippen LogP contribution in [-0.4, -0.2) is 48.2 Å². The van der Waals surface area contributed by atoms with E-state index in [0.29, 0.717) is 5.56 Å². The number of nitrogens with zero attached hydrogens (tertiary/aromatic N) is 6. The van der Waals surface area contributed by atoms with Crippen LogP contribution in [0.3, 0.4) is 0 Å². The summed E-state index contributed by atoms with van der Waals surface area (Å²) in [5, 5.41) is 20.4. The Kier molecular flexibility index (Phi) is 7.61. The van der Waals surface area contributed by atoms with Crippen molar-refractivity contribution in [1.82, 2.24) is 25.2 Å². The molecule has 4 rings (SSSR count). The maximum Gasteiger partial charge on any atom is 0.421 e. The molecule has 0 saturated carbocycles. The fourth-order valence-corrected chi connectivity index (χ4v) is 3.84. The molecular formula is C26H23F3N6O4. The number of aryl methyl sites for hydroxylation is 1. The van der Waals surface area contributed by atoms with Crippen molar-refractivity contribution >= 4 is 17.6 Å². The van der Waals surface area contributed by atoms with Gasteiger partial charge in [-0.2, -0.15) is 13.2 Å². The van der Waals surface area contributed by atoms with Crippen LogP contribution in [0.15, 0.2) is 61.1 Å². The molecule has 0 aliphatic heterocycles. The second kappa shape index (κ2) is 10.9. The van der Waals surface area contributed by atoms with Crippen molar-refractivity contribution in [1.29, 1.82) is 0 Å². The van der Waals surface area contributed by atoms with Gasteiger partial charge in [-0.15, -0.1) is 5.10 Å². The smallest absolute Gasteiger partial charge is 0.421 e. The van der Waals surface area contributed by atoms with E-state index in [0.717, 1.165) is 17.7 Å². The van der Waals surface area contributed by atoms with E-state index in [4.69, 9.17) is 4.74 Å². The van der Waals surface area contributed by atoms with Crippen LogP contribution < -0.4 is 9.64 Å². The molecule has 10 nitrogen and oxygen atoms in total. The summed E-state index contributed by atoms with van der Waals surface area (Å²) in [6, 6.07) is 10.9. The molecule has 0 unspecified atom stereocenters. The monoisotopic (exact) mass is 540 g/mol. The summed E-state index contributed by atoms with van der Waals surface area (Å²) in [6.07, 6.45) is -2.39. The first-order valence-corrected chi connectivity index (χ1v) is 11.7. The van der Waals surface area contributed by atoms with Crippen LogP contribution in [0.25, 0.3) is 0 Å². The van der Waals surface area contributed by atoms with E-state index in [1.165, 1.54) is 34.2 Å². The number of carboxylic acid groups (broad SMARTS) is 1. The lowest BCUT2D eigenvalue weighted by Crippen LogP contribution is -2.38. The lowest BCUT2D eigenvalue weighted by Gasteiger charge is -2.28. The number of halogens is 3. The van der Waals surface area contributed by atoms with Crippen LogP contribution >= 0.6 is 0 Å². The molecular weight excluding hydrogens is 517 g/mol. The standard InChI is InChI=1S/C26H23F3N6O4/c1-15(2)35(24(36)18-6-4-16(3)5-7-18)22-9-8-19(11-20(22)25(37)38)39-23-21(26(27,28)29)10-17(12-30-23)13-34-14-31-32-33-34/h4-12,14-15H,13H2,1-3H3,(H,37,38). The highest BCUT2D eigenvalue weighted by molar-refractivity contribution is 6.09. The molecule has 0 aliphatic carbocycles. The van der Waals surface area contributed by atoms with E-state index in [-0.39, 0.29) is 29.1 Å². The summed E-state index contributed by atoms with van der Waals surface area (Å²) in [5.41, 5.74) is 0.0530. The number of amides is 1. The molecule has 0 atom stereocenters. The Balaban J connectivity index is 1.69. The number of tetrazole rings is 1. The maximum atomic E-state index is 13.8. The highest BCUT2D eigenvalue weighted by Gasteiger charge is 2.36. The number of carbonyl (C=O) groups is 2. The van der Waals surface area contributed by atoms with E-state index in [9.17, 15) is 27.9 Å². The lowest BCUT2D eigenvalue weighted by atomic mass is 10.1. The number of aromatic nitrogens is 5. The van der Waals surface area contributed by atoms with Gasteiger partial charge in [0.2, 0.25) is 5.88 Å². The predicted octanol–water partition coefficient (Wildman–Crippen LogP) is 4.99. The van der Waals surface area contributed by atoms with E-state index >= 15 is 0 Å². The highest BCUT2D eigenvalue weighted by Crippen LogP contribution is 2.38. The number of aromatic carboxylic acids is 1. The number of ether oxygens (including phenoxy) is 1. The molecule has 13 heteroatoms. The predicted molar refractivity (Wildman–Crippen MR) is 133 cm³/mol. The van der Waals surface area contributed by atoms with Crippen molar-refractivity contribution in [3.63, 3.8) is 0 Å². The molecule has 4 aromatic rings. The van der Waals surface area contributed by atoms with Crippen LogP contribution in [0.5, 0.6) is 11.6 Å². The minimum Gasteiger partial charge on any atom is -0.478 e. The molecule has 0 radical (unpaired) electrons. The van der Waals surface area contributed by atoms with Crippen molar-refractivity contribution in [2.45, 2.75) is 39.5 Å². The molecule has 202 valence electrons. The van der Waals surface area contributed by atoms with Gasteiger partial charge in [0.05, 0.1) is 17.8 Å².